The second kappa shape index (κ2) is 12.3. The second-order valence-electron chi connectivity index (χ2n) is 5.00. The Bertz CT molecular complexity index is 418. The Hall–Kier alpha value is -0.130. The average Bonchev–Trinajstić information content (AvgIpc) is 2.78. The van der Waals surface area contributed by atoms with Gasteiger partial charge in [-0.2, -0.15) is 0 Å². The van der Waals surface area contributed by atoms with Crippen molar-refractivity contribution in [1.82, 2.24) is 14.9 Å². The number of unbranched alkanes of at least 4 members (excludes halogenated alkanes) is 1. The zero-order chi connectivity index (χ0) is 15.6. The molecular weight excluding hydrogens is 419 g/mol. The third-order valence-electron chi connectivity index (χ3n) is 3.24. The predicted octanol–water partition coefficient (Wildman–Crippen LogP) is 0.622. The smallest absolute Gasteiger partial charge is 0.214 e. The predicted molar refractivity (Wildman–Crippen MR) is 100 cm³/mol. The molecule has 22 heavy (non-hydrogen) atoms. The van der Waals surface area contributed by atoms with E-state index >= 15 is 0 Å². The van der Waals surface area contributed by atoms with E-state index in [1.165, 1.54) is 0 Å². The summed E-state index contributed by atoms with van der Waals surface area (Å²) in [4.78, 5) is 4.46. The maximum atomic E-state index is 11.7. The van der Waals surface area contributed by atoms with Crippen LogP contribution in [0.4, 0.5) is 0 Å². The van der Waals surface area contributed by atoms with Crippen LogP contribution in [0.15, 0.2) is 4.99 Å². The fourth-order valence-electron chi connectivity index (χ4n) is 2.04. The quantitative estimate of drug-likeness (QED) is 0.234. The Kier molecular flexibility index (Phi) is 12.2. The topological polar surface area (TPSA) is 83.0 Å². The van der Waals surface area contributed by atoms with Crippen LogP contribution in [0.5, 0.6) is 0 Å². The molecule has 0 saturated carbocycles. The minimum atomic E-state index is -3.01. The largest absolute Gasteiger partial charge is 0.383 e. The van der Waals surface area contributed by atoms with E-state index in [1.54, 1.807) is 11.4 Å². The van der Waals surface area contributed by atoms with E-state index in [1.807, 2.05) is 0 Å². The molecule has 0 atom stereocenters. The second-order valence-corrected chi connectivity index (χ2v) is 7.09. The lowest BCUT2D eigenvalue weighted by molar-refractivity contribution is 0.203. The van der Waals surface area contributed by atoms with E-state index in [0.717, 1.165) is 31.8 Å². The lowest BCUT2D eigenvalue weighted by Crippen LogP contribution is -2.43. The molecule has 1 saturated heterocycles. The van der Waals surface area contributed by atoms with Crippen LogP contribution in [0.1, 0.15) is 26.2 Å². The van der Waals surface area contributed by atoms with Crippen molar-refractivity contribution in [3.63, 3.8) is 0 Å². The Morgan fingerprint density at radius 3 is 2.64 bits per heavy atom. The number of nitrogens with one attached hydrogen (secondary N) is 2. The van der Waals surface area contributed by atoms with Gasteiger partial charge in [0.25, 0.3) is 0 Å². The Morgan fingerprint density at radius 2 is 2.05 bits per heavy atom. The minimum absolute atomic E-state index is 0. The molecule has 0 spiro atoms. The molecule has 0 amide bonds. The van der Waals surface area contributed by atoms with Crippen molar-refractivity contribution in [3.8, 4) is 0 Å². The van der Waals surface area contributed by atoms with Gasteiger partial charge in [0, 0.05) is 39.8 Å². The molecule has 1 aliphatic heterocycles. The van der Waals surface area contributed by atoms with Gasteiger partial charge in [0.2, 0.25) is 10.0 Å². The summed E-state index contributed by atoms with van der Waals surface area (Å²) >= 11 is 0. The summed E-state index contributed by atoms with van der Waals surface area (Å²) < 4.78 is 29.9. The maximum absolute atomic E-state index is 11.7. The lowest BCUT2D eigenvalue weighted by atomic mass is 10.3. The van der Waals surface area contributed by atoms with Crippen LogP contribution in [0.2, 0.25) is 0 Å². The molecule has 2 N–H and O–H groups in total. The van der Waals surface area contributed by atoms with Gasteiger partial charge in [-0.15, -0.1) is 24.0 Å². The van der Waals surface area contributed by atoms with Crippen LogP contribution in [0.3, 0.4) is 0 Å². The highest BCUT2D eigenvalue weighted by Gasteiger charge is 2.27. The van der Waals surface area contributed by atoms with Crippen LogP contribution in [-0.4, -0.2) is 70.9 Å². The molecular formula is C13H29IN4O3S. The van der Waals surface area contributed by atoms with Crippen molar-refractivity contribution in [2.24, 2.45) is 4.99 Å². The zero-order valence-corrected chi connectivity index (χ0v) is 16.7. The molecule has 0 bridgehead atoms. The summed E-state index contributed by atoms with van der Waals surface area (Å²) in [6, 6.07) is 0. The molecule has 1 fully saturated rings. The third-order valence-corrected chi connectivity index (χ3v) is 5.19. The van der Waals surface area contributed by atoms with E-state index in [0.29, 0.717) is 32.8 Å². The highest BCUT2D eigenvalue weighted by atomic mass is 127. The molecule has 1 aliphatic rings. The van der Waals surface area contributed by atoms with E-state index in [9.17, 15) is 8.42 Å². The van der Waals surface area contributed by atoms with Gasteiger partial charge in [0.05, 0.1) is 12.4 Å². The molecule has 7 nitrogen and oxygen atoms in total. The Morgan fingerprint density at radius 1 is 1.32 bits per heavy atom. The van der Waals surface area contributed by atoms with Gasteiger partial charge in [-0.05, 0) is 12.8 Å². The molecule has 0 aliphatic carbocycles. The van der Waals surface area contributed by atoms with Gasteiger partial charge < -0.3 is 15.4 Å². The van der Waals surface area contributed by atoms with Crippen LogP contribution in [0, 0.1) is 0 Å². The lowest BCUT2D eigenvalue weighted by Gasteiger charge is -2.16. The minimum Gasteiger partial charge on any atom is -0.383 e. The average molecular weight is 448 g/mol. The first-order valence-electron chi connectivity index (χ1n) is 7.59. The summed E-state index contributed by atoms with van der Waals surface area (Å²) in [5.41, 5.74) is 0. The van der Waals surface area contributed by atoms with Gasteiger partial charge in [0.1, 0.15) is 0 Å². The molecule has 0 aromatic heterocycles. The zero-order valence-electron chi connectivity index (χ0n) is 13.5. The van der Waals surface area contributed by atoms with Gasteiger partial charge in [-0.1, -0.05) is 13.3 Å². The normalized spacial score (nSPS) is 18.0. The highest BCUT2D eigenvalue weighted by Crippen LogP contribution is 2.11. The first-order valence-corrected chi connectivity index (χ1v) is 9.20. The molecule has 0 unspecified atom stereocenters. The maximum Gasteiger partial charge on any atom is 0.214 e. The number of halogens is 1. The van der Waals surface area contributed by atoms with Crippen LogP contribution in [0.25, 0.3) is 0 Å². The van der Waals surface area contributed by atoms with E-state index < -0.39 is 10.0 Å². The standard InChI is InChI=1S/C13H28N4O3S.HI/c1-3-4-6-14-13(16-8-11-20-2)15-7-10-17-9-5-12-21(17,18)19;/h3-12H2,1-2H3,(H2,14,15,16);1H. The summed E-state index contributed by atoms with van der Waals surface area (Å²) in [6.45, 7) is 5.85. The number of hydrogen-bond donors (Lipinski definition) is 2. The van der Waals surface area contributed by atoms with Crippen molar-refractivity contribution in [2.45, 2.75) is 26.2 Å². The van der Waals surface area contributed by atoms with E-state index in [-0.39, 0.29) is 29.7 Å². The number of sulfonamides is 1. The summed E-state index contributed by atoms with van der Waals surface area (Å²) in [7, 11) is -1.36. The number of rotatable bonds is 9. The fourth-order valence-corrected chi connectivity index (χ4v) is 3.56. The van der Waals surface area contributed by atoms with Crippen LogP contribution < -0.4 is 10.6 Å². The first kappa shape index (κ1) is 21.9. The van der Waals surface area contributed by atoms with Gasteiger partial charge in [0.15, 0.2) is 5.96 Å². The van der Waals surface area contributed by atoms with Crippen molar-refractivity contribution >= 4 is 40.0 Å². The number of guanidine groups is 1. The van der Waals surface area contributed by atoms with E-state index in [4.69, 9.17) is 4.74 Å². The number of methoxy groups -OCH3 is 1. The van der Waals surface area contributed by atoms with Crippen molar-refractivity contribution in [2.75, 3.05) is 52.2 Å². The first-order chi connectivity index (χ1) is 10.1. The molecule has 0 radical (unpaired) electrons. The Labute approximate surface area is 151 Å². The molecule has 1 rings (SSSR count). The highest BCUT2D eigenvalue weighted by molar-refractivity contribution is 14.0. The van der Waals surface area contributed by atoms with Crippen molar-refractivity contribution in [3.05, 3.63) is 0 Å². The van der Waals surface area contributed by atoms with Gasteiger partial charge in [-0.3, -0.25) is 4.99 Å². The van der Waals surface area contributed by atoms with E-state index in [2.05, 4.69) is 22.5 Å². The van der Waals surface area contributed by atoms with Crippen molar-refractivity contribution < 1.29 is 13.2 Å². The third kappa shape index (κ3) is 8.49. The molecule has 0 aromatic rings. The van der Waals surface area contributed by atoms with Crippen LogP contribution >= 0.6 is 24.0 Å². The summed E-state index contributed by atoms with van der Waals surface area (Å²) in [5, 5.41) is 6.35. The van der Waals surface area contributed by atoms with Gasteiger partial charge >= 0.3 is 0 Å². The molecule has 0 aromatic carbocycles. The molecule has 1 heterocycles. The fraction of sp³-hybridized carbons (Fsp3) is 0.923. The van der Waals surface area contributed by atoms with Crippen LogP contribution in [-0.2, 0) is 14.8 Å². The molecule has 9 heteroatoms. The summed E-state index contributed by atoms with van der Waals surface area (Å²) in [5.74, 6) is 0.994. The number of hydrogen-bond acceptors (Lipinski definition) is 4. The number of ether oxygens (including phenoxy) is 1. The SMILES string of the molecule is CCCCN=C(NCCOC)NCCN1CCCS1(=O)=O.I. The number of aliphatic imine (C=N–C) groups is 1. The molecule has 132 valence electrons. The monoisotopic (exact) mass is 448 g/mol. The number of nitrogens with zero attached hydrogens (tertiary/aromatic N) is 2. The van der Waals surface area contributed by atoms with Gasteiger partial charge in [-0.25, -0.2) is 12.7 Å². The Balaban J connectivity index is 0.00000441. The summed E-state index contributed by atoms with van der Waals surface area (Å²) in [6.07, 6.45) is 2.87. The van der Waals surface area contributed by atoms with Crippen molar-refractivity contribution in [1.29, 1.82) is 0 Å².